The summed E-state index contributed by atoms with van der Waals surface area (Å²) >= 11 is 1.54. The molecule has 1 N–H and O–H groups in total. The van der Waals surface area contributed by atoms with Gasteiger partial charge in [-0.25, -0.2) is 4.39 Å². The van der Waals surface area contributed by atoms with Gasteiger partial charge >= 0.3 is 0 Å². The number of hydrogen-bond acceptors (Lipinski definition) is 3. The minimum Gasteiger partial charge on any atom is -0.490 e. The van der Waals surface area contributed by atoms with E-state index in [-0.39, 0.29) is 17.3 Å². The van der Waals surface area contributed by atoms with Crippen LogP contribution in [0.3, 0.4) is 0 Å². The van der Waals surface area contributed by atoms with Gasteiger partial charge in [0.05, 0.1) is 11.8 Å². The molecule has 0 unspecified atom stereocenters. The smallest absolute Gasteiger partial charge is 0.127 e. The highest BCUT2D eigenvalue weighted by Crippen LogP contribution is 2.46. The van der Waals surface area contributed by atoms with Crippen LogP contribution in [0, 0.1) is 5.82 Å². The van der Waals surface area contributed by atoms with Crippen molar-refractivity contribution in [2.45, 2.75) is 76.2 Å². The van der Waals surface area contributed by atoms with Crippen molar-refractivity contribution in [3.8, 4) is 16.9 Å². The highest BCUT2D eigenvalue weighted by molar-refractivity contribution is 7.96. The number of rotatable bonds is 8. The molecular weight excluding hydrogens is 417 g/mol. The minimum atomic E-state index is -0.324. The van der Waals surface area contributed by atoms with E-state index in [1.54, 1.807) is 6.07 Å². The Balaban J connectivity index is 1.84. The van der Waals surface area contributed by atoms with Gasteiger partial charge in [0.15, 0.2) is 0 Å². The second-order valence-electron chi connectivity index (χ2n) is 9.55. The fourth-order valence-electron chi connectivity index (χ4n) is 4.93. The zero-order valence-electron chi connectivity index (χ0n) is 19.5. The van der Waals surface area contributed by atoms with Crippen LogP contribution in [0.4, 0.5) is 4.39 Å². The number of benzene rings is 2. The highest BCUT2D eigenvalue weighted by Gasteiger charge is 2.30. The molecule has 2 aliphatic rings. The number of halogens is 1. The molecule has 2 aromatic rings. The van der Waals surface area contributed by atoms with E-state index in [4.69, 9.17) is 4.74 Å². The fourth-order valence-corrected chi connectivity index (χ4v) is 5.46. The van der Waals surface area contributed by atoms with Gasteiger partial charge in [-0.2, -0.15) is 0 Å². The summed E-state index contributed by atoms with van der Waals surface area (Å²) in [7, 11) is 0. The first-order valence-corrected chi connectivity index (χ1v) is 13.0. The van der Waals surface area contributed by atoms with Crippen LogP contribution < -0.4 is 9.46 Å². The van der Waals surface area contributed by atoms with Gasteiger partial charge in [0.1, 0.15) is 11.6 Å². The molecule has 2 aromatic carbocycles. The molecule has 32 heavy (non-hydrogen) atoms. The molecule has 2 aliphatic carbocycles. The second-order valence-corrected chi connectivity index (χ2v) is 10.2. The van der Waals surface area contributed by atoms with Gasteiger partial charge in [-0.3, -0.25) is 0 Å². The zero-order chi connectivity index (χ0) is 22.7. The van der Waals surface area contributed by atoms with E-state index < -0.39 is 0 Å². The summed E-state index contributed by atoms with van der Waals surface area (Å²) in [4.78, 5) is 0. The molecule has 170 valence electrons. The lowest BCUT2D eigenvalue weighted by atomic mass is 9.75. The molecule has 0 bridgehead atoms. The maximum Gasteiger partial charge on any atom is 0.127 e. The number of allylic oxidation sites excluding steroid dienone is 1. The van der Waals surface area contributed by atoms with Crippen molar-refractivity contribution in [1.29, 1.82) is 0 Å². The Labute approximate surface area is 196 Å². The van der Waals surface area contributed by atoms with E-state index in [0.29, 0.717) is 5.92 Å². The molecule has 0 aliphatic heterocycles. The van der Waals surface area contributed by atoms with Crippen molar-refractivity contribution in [3.63, 3.8) is 0 Å². The van der Waals surface area contributed by atoms with Crippen LogP contribution in [0.1, 0.15) is 75.8 Å². The molecule has 2 fully saturated rings. The van der Waals surface area contributed by atoms with Crippen LogP contribution in [0.2, 0.25) is 0 Å². The van der Waals surface area contributed by atoms with Crippen molar-refractivity contribution >= 4 is 11.9 Å². The summed E-state index contributed by atoms with van der Waals surface area (Å²) in [6.45, 7) is 8.22. The van der Waals surface area contributed by atoms with Crippen LogP contribution in [-0.4, -0.2) is 12.4 Å². The summed E-state index contributed by atoms with van der Waals surface area (Å²) in [5.41, 5.74) is 7.63. The van der Waals surface area contributed by atoms with Gasteiger partial charge in [0.25, 0.3) is 0 Å². The van der Waals surface area contributed by atoms with Gasteiger partial charge in [0.2, 0.25) is 0 Å². The average Bonchev–Trinajstić information content (AvgIpc) is 3.25. The van der Waals surface area contributed by atoms with Crippen molar-refractivity contribution in [2.24, 2.45) is 0 Å². The molecular formula is C28H34FNOS. The largest absolute Gasteiger partial charge is 0.490 e. The minimum absolute atomic E-state index is 0.0978. The number of hydrogen-bond donors (Lipinski definition) is 1. The van der Waals surface area contributed by atoms with Gasteiger partial charge < -0.3 is 9.46 Å². The zero-order valence-corrected chi connectivity index (χ0v) is 20.3. The Hall–Kier alpha value is -2.16. The summed E-state index contributed by atoms with van der Waals surface area (Å²) in [6, 6.07) is 11.9. The maximum absolute atomic E-state index is 15.1. The third-order valence-corrected chi connectivity index (χ3v) is 7.57. The van der Waals surface area contributed by atoms with Crippen LogP contribution >= 0.6 is 11.9 Å². The molecule has 0 spiro atoms. The Kier molecular flexibility index (Phi) is 7.02. The Morgan fingerprint density at radius 1 is 1.09 bits per heavy atom. The van der Waals surface area contributed by atoms with Crippen LogP contribution in [0.5, 0.6) is 5.75 Å². The topological polar surface area (TPSA) is 21.3 Å². The third kappa shape index (κ3) is 4.49. The van der Waals surface area contributed by atoms with Gasteiger partial charge in [0, 0.05) is 17.2 Å². The van der Waals surface area contributed by atoms with Crippen LogP contribution in [0.25, 0.3) is 11.1 Å². The summed E-state index contributed by atoms with van der Waals surface area (Å²) in [6.07, 6.45) is 10.1. The fraction of sp³-hybridized carbons (Fsp3) is 0.464. The van der Waals surface area contributed by atoms with E-state index in [2.05, 4.69) is 55.1 Å². The Morgan fingerprint density at radius 3 is 2.47 bits per heavy atom. The van der Waals surface area contributed by atoms with Crippen molar-refractivity contribution in [2.75, 3.05) is 6.26 Å². The monoisotopic (exact) mass is 451 g/mol. The standard InChI is InChI=1S/C28H34FNOS/c1-5-26(30-32-4)28(2,3)20-16-17-25(31-21-12-6-7-13-21)23(18-20)22-14-9-15-24(29)27(22)19-10-8-11-19/h9,14-19,21,30H,1,6-8,10-13H2,2-4H3. The quantitative estimate of drug-likeness (QED) is 0.326. The van der Waals surface area contributed by atoms with Gasteiger partial charge in [-0.1, -0.05) is 43.1 Å². The molecule has 4 heteroatoms. The number of nitrogens with one attached hydrogen (secondary N) is 1. The van der Waals surface area contributed by atoms with E-state index >= 15 is 4.39 Å². The first kappa shape index (κ1) is 23.0. The van der Waals surface area contributed by atoms with E-state index in [0.717, 1.165) is 59.4 Å². The van der Waals surface area contributed by atoms with Gasteiger partial charge in [-0.05, 0) is 93.2 Å². The Bertz CT molecular complexity index is 1010. The first-order valence-electron chi connectivity index (χ1n) is 11.7. The lowest BCUT2D eigenvalue weighted by Crippen LogP contribution is -2.26. The molecule has 0 saturated heterocycles. The lowest BCUT2D eigenvalue weighted by molar-refractivity contribution is 0.211. The van der Waals surface area contributed by atoms with E-state index in [9.17, 15) is 0 Å². The summed E-state index contributed by atoms with van der Waals surface area (Å²) < 4.78 is 24.9. The van der Waals surface area contributed by atoms with Crippen molar-refractivity contribution < 1.29 is 9.13 Å². The predicted octanol–water partition coefficient (Wildman–Crippen LogP) is 7.90. The second kappa shape index (κ2) is 9.77. The van der Waals surface area contributed by atoms with Crippen molar-refractivity contribution in [1.82, 2.24) is 4.72 Å². The Morgan fingerprint density at radius 2 is 1.84 bits per heavy atom. The molecule has 0 amide bonds. The summed E-state index contributed by atoms with van der Waals surface area (Å²) in [5.74, 6) is 1.06. The van der Waals surface area contributed by atoms with Gasteiger partial charge in [-0.15, -0.1) is 5.73 Å². The normalized spacial score (nSPS) is 17.0. The SMILES string of the molecule is C=C=C(NSC)C(C)(C)c1ccc(OC2CCCC2)c(-c2cccc(F)c2C2CCC2)c1. The number of ether oxygens (including phenoxy) is 1. The van der Waals surface area contributed by atoms with E-state index in [1.807, 2.05) is 12.3 Å². The lowest BCUT2D eigenvalue weighted by Gasteiger charge is -2.31. The molecule has 0 atom stereocenters. The molecule has 2 nitrogen and oxygen atoms in total. The maximum atomic E-state index is 15.1. The molecule has 0 heterocycles. The van der Waals surface area contributed by atoms with E-state index in [1.165, 1.54) is 31.2 Å². The molecule has 4 rings (SSSR count). The molecule has 0 radical (unpaired) electrons. The summed E-state index contributed by atoms with van der Waals surface area (Å²) in [5, 5.41) is 0. The van der Waals surface area contributed by atoms with Crippen LogP contribution in [0.15, 0.2) is 54.4 Å². The molecule has 0 aromatic heterocycles. The third-order valence-electron chi connectivity index (χ3n) is 7.16. The molecule has 2 saturated carbocycles. The predicted molar refractivity (Wildman–Crippen MR) is 134 cm³/mol. The van der Waals surface area contributed by atoms with Crippen LogP contribution in [-0.2, 0) is 5.41 Å². The average molecular weight is 452 g/mol. The van der Waals surface area contributed by atoms with Crippen molar-refractivity contribution in [3.05, 3.63) is 71.3 Å². The first-order chi connectivity index (χ1) is 15.5. The highest BCUT2D eigenvalue weighted by atomic mass is 32.2.